The molecule has 0 saturated heterocycles. The minimum atomic E-state index is -0.903. The van der Waals surface area contributed by atoms with E-state index in [0.29, 0.717) is 36.3 Å². The Labute approximate surface area is 166 Å². The Morgan fingerprint density at radius 2 is 1.97 bits per heavy atom. The van der Waals surface area contributed by atoms with Gasteiger partial charge in [-0.05, 0) is 24.6 Å². The number of nitriles is 1. The number of carbonyl (C=O) groups excluding carboxylic acids is 1. The Kier molecular flexibility index (Phi) is 5.12. The Bertz CT molecular complexity index is 1130. The molecular formula is C21H18N4O4. The molecule has 0 saturated carbocycles. The molecular weight excluding hydrogens is 372 g/mol. The van der Waals surface area contributed by atoms with Gasteiger partial charge in [-0.2, -0.15) is 5.26 Å². The van der Waals surface area contributed by atoms with Gasteiger partial charge < -0.3 is 19.1 Å². The molecule has 8 heteroatoms. The summed E-state index contributed by atoms with van der Waals surface area (Å²) < 4.78 is 12.8. The summed E-state index contributed by atoms with van der Waals surface area (Å²) in [5.74, 6) is 0.364. The fourth-order valence-electron chi connectivity index (χ4n) is 3.22. The minimum absolute atomic E-state index is 0.0385. The summed E-state index contributed by atoms with van der Waals surface area (Å²) in [5, 5.41) is 27.8. The van der Waals surface area contributed by atoms with Crippen molar-refractivity contribution in [2.75, 3.05) is 6.61 Å². The summed E-state index contributed by atoms with van der Waals surface area (Å²) in [6.07, 6.45) is 0.0620. The van der Waals surface area contributed by atoms with E-state index in [1.54, 1.807) is 28.8 Å². The number of aromatic hydroxyl groups is 1. The van der Waals surface area contributed by atoms with Crippen molar-refractivity contribution in [3.8, 4) is 23.4 Å². The summed E-state index contributed by atoms with van der Waals surface area (Å²) in [4.78, 5) is 12.5. The van der Waals surface area contributed by atoms with Gasteiger partial charge in [0, 0.05) is 18.4 Å². The molecule has 2 aromatic carbocycles. The lowest BCUT2D eigenvalue weighted by molar-refractivity contribution is -0.127. The van der Waals surface area contributed by atoms with E-state index < -0.39 is 12.0 Å². The summed E-state index contributed by atoms with van der Waals surface area (Å²) in [6.45, 7) is 0.497. The van der Waals surface area contributed by atoms with Gasteiger partial charge in [-0.15, -0.1) is 10.2 Å². The van der Waals surface area contributed by atoms with Crippen LogP contribution < -0.4 is 9.47 Å². The number of hydrogen-bond donors (Lipinski definition) is 1. The van der Waals surface area contributed by atoms with E-state index in [4.69, 9.17) is 14.7 Å². The van der Waals surface area contributed by atoms with E-state index in [2.05, 4.69) is 16.3 Å². The van der Waals surface area contributed by atoms with Crippen LogP contribution in [-0.4, -0.2) is 28.3 Å². The summed E-state index contributed by atoms with van der Waals surface area (Å²) in [7, 11) is 0. The van der Waals surface area contributed by atoms with Crippen molar-refractivity contribution in [3.05, 3.63) is 48.5 Å². The van der Waals surface area contributed by atoms with E-state index in [1.165, 1.54) is 0 Å². The van der Waals surface area contributed by atoms with Crippen molar-refractivity contribution in [2.24, 2.45) is 10.2 Å². The average Bonchev–Trinajstić information content (AvgIpc) is 3.03. The normalized spacial score (nSPS) is 15.5. The van der Waals surface area contributed by atoms with Crippen LogP contribution in [0.1, 0.15) is 12.8 Å². The van der Waals surface area contributed by atoms with Gasteiger partial charge in [-0.25, -0.2) is 0 Å². The first-order chi connectivity index (χ1) is 14.2. The molecule has 0 unspecified atom stereocenters. The number of rotatable bonds is 5. The largest absolute Gasteiger partial charge is 0.493 e. The molecule has 1 aromatic heterocycles. The molecule has 4 rings (SSSR count). The second-order valence-electron chi connectivity index (χ2n) is 6.51. The maximum Gasteiger partial charge on any atom is 0.308 e. The van der Waals surface area contributed by atoms with Crippen LogP contribution >= 0.6 is 0 Å². The standard InChI is InChI=1S/C21H18N4O4/c22-11-5-6-12-25-15-8-2-1-7-14(15)19(21(25)27)23-24-20(26)18-13-28-16-9-3-4-10-17(16)29-18/h1-4,7-10,18,27H,5-6,12-13H2/t18-/m1/s1. The highest BCUT2D eigenvalue weighted by atomic mass is 16.6. The van der Waals surface area contributed by atoms with Crippen LogP contribution in [0, 0.1) is 11.3 Å². The zero-order valence-corrected chi connectivity index (χ0v) is 15.5. The Morgan fingerprint density at radius 3 is 2.79 bits per heavy atom. The number of amides is 1. The number of nitrogens with zero attached hydrogens (tertiary/aromatic N) is 4. The highest BCUT2D eigenvalue weighted by Crippen LogP contribution is 2.39. The molecule has 3 aromatic rings. The zero-order valence-electron chi connectivity index (χ0n) is 15.5. The van der Waals surface area contributed by atoms with E-state index >= 15 is 0 Å². The van der Waals surface area contributed by atoms with Gasteiger partial charge in [0.05, 0.1) is 11.6 Å². The number of benzene rings is 2. The molecule has 0 fully saturated rings. The van der Waals surface area contributed by atoms with Gasteiger partial charge in [-0.3, -0.25) is 4.79 Å². The molecule has 1 aliphatic rings. The van der Waals surface area contributed by atoms with Gasteiger partial charge in [0.2, 0.25) is 12.0 Å². The minimum Gasteiger partial charge on any atom is -0.493 e. The number of ether oxygens (including phenoxy) is 2. The second-order valence-corrected chi connectivity index (χ2v) is 6.51. The number of aryl methyl sites for hydroxylation is 1. The first-order valence-electron chi connectivity index (χ1n) is 9.20. The third-order valence-electron chi connectivity index (χ3n) is 4.62. The van der Waals surface area contributed by atoms with Crippen LogP contribution in [0.3, 0.4) is 0 Å². The van der Waals surface area contributed by atoms with Crippen molar-refractivity contribution >= 4 is 22.5 Å². The number of unbranched alkanes of at least 4 members (excludes halogenated alkanes) is 1. The first kappa shape index (κ1) is 18.5. The average molecular weight is 390 g/mol. The number of carbonyl (C=O) groups is 1. The summed E-state index contributed by atoms with van der Waals surface area (Å²) in [5.41, 5.74) is 0.971. The van der Waals surface area contributed by atoms with Crippen molar-refractivity contribution in [1.82, 2.24) is 4.57 Å². The number of aromatic nitrogens is 1. The molecule has 1 atom stereocenters. The maximum absolute atomic E-state index is 12.5. The molecule has 0 bridgehead atoms. The fraction of sp³-hybridized carbons (Fsp3) is 0.238. The third kappa shape index (κ3) is 3.62. The molecule has 0 spiro atoms. The van der Waals surface area contributed by atoms with Crippen LogP contribution in [0.5, 0.6) is 17.4 Å². The summed E-state index contributed by atoms with van der Waals surface area (Å²) in [6, 6.07) is 16.5. The highest BCUT2D eigenvalue weighted by Gasteiger charge is 2.27. The van der Waals surface area contributed by atoms with Crippen molar-refractivity contribution < 1.29 is 19.4 Å². The van der Waals surface area contributed by atoms with Gasteiger partial charge in [-0.1, -0.05) is 30.3 Å². The second kappa shape index (κ2) is 8.02. The number of hydrogen-bond acceptors (Lipinski definition) is 6. The molecule has 29 heavy (non-hydrogen) atoms. The van der Waals surface area contributed by atoms with Gasteiger partial charge >= 0.3 is 5.91 Å². The molecule has 0 radical (unpaired) electrons. The predicted octanol–water partition coefficient (Wildman–Crippen LogP) is 4.10. The molecule has 2 heterocycles. The van der Waals surface area contributed by atoms with Crippen molar-refractivity contribution in [1.29, 1.82) is 5.26 Å². The monoisotopic (exact) mass is 390 g/mol. The fourth-order valence-corrected chi connectivity index (χ4v) is 3.22. The quantitative estimate of drug-likeness (QED) is 0.521. The topological polar surface area (TPSA) is 109 Å². The lowest BCUT2D eigenvalue weighted by Crippen LogP contribution is -2.35. The third-order valence-corrected chi connectivity index (χ3v) is 4.62. The van der Waals surface area contributed by atoms with Gasteiger partial charge in [0.15, 0.2) is 17.2 Å². The lowest BCUT2D eigenvalue weighted by Gasteiger charge is -2.23. The van der Waals surface area contributed by atoms with Crippen LogP contribution in [0.25, 0.3) is 10.9 Å². The SMILES string of the molecule is N#CCCCn1c(O)c(N=NC(=O)[C@H]2COc3ccccc3O2)c2ccccc21. The van der Waals surface area contributed by atoms with Crippen molar-refractivity contribution in [2.45, 2.75) is 25.5 Å². The van der Waals surface area contributed by atoms with E-state index in [1.807, 2.05) is 24.3 Å². The predicted molar refractivity (Wildman–Crippen MR) is 104 cm³/mol. The Hall–Kier alpha value is -3.86. The number of para-hydroxylation sites is 3. The van der Waals surface area contributed by atoms with E-state index in [-0.39, 0.29) is 18.2 Å². The summed E-state index contributed by atoms with van der Waals surface area (Å²) >= 11 is 0. The molecule has 146 valence electrons. The Morgan fingerprint density at radius 1 is 1.21 bits per heavy atom. The molecule has 8 nitrogen and oxygen atoms in total. The van der Waals surface area contributed by atoms with E-state index in [0.717, 1.165) is 5.52 Å². The Balaban J connectivity index is 1.58. The van der Waals surface area contributed by atoms with E-state index in [9.17, 15) is 9.90 Å². The van der Waals surface area contributed by atoms with Gasteiger partial charge in [0.1, 0.15) is 6.61 Å². The molecule has 0 aliphatic carbocycles. The van der Waals surface area contributed by atoms with Gasteiger partial charge in [0.25, 0.3) is 0 Å². The highest BCUT2D eigenvalue weighted by molar-refractivity contribution is 5.95. The van der Waals surface area contributed by atoms with Crippen LogP contribution in [0.2, 0.25) is 0 Å². The molecule has 1 amide bonds. The number of azo groups is 1. The van der Waals surface area contributed by atoms with Crippen LogP contribution in [0.4, 0.5) is 5.69 Å². The molecule has 1 aliphatic heterocycles. The molecule has 1 N–H and O–H groups in total. The van der Waals surface area contributed by atoms with Crippen molar-refractivity contribution in [3.63, 3.8) is 0 Å². The maximum atomic E-state index is 12.5. The number of fused-ring (bicyclic) bond motifs is 2. The first-order valence-corrected chi connectivity index (χ1v) is 9.20. The lowest BCUT2D eigenvalue weighted by atomic mass is 10.2. The zero-order chi connectivity index (χ0) is 20.2. The van der Waals surface area contributed by atoms with Crippen LogP contribution in [0.15, 0.2) is 58.8 Å². The van der Waals surface area contributed by atoms with Crippen LogP contribution in [-0.2, 0) is 11.3 Å². The smallest absolute Gasteiger partial charge is 0.308 e.